The molecule has 1 N–H and O–H groups in total. The summed E-state index contributed by atoms with van der Waals surface area (Å²) in [5.74, 6) is 0.993. The Labute approximate surface area is 157 Å². The monoisotopic (exact) mass is 398 g/mol. The van der Waals surface area contributed by atoms with Gasteiger partial charge in [-0.3, -0.25) is 0 Å². The van der Waals surface area contributed by atoms with Crippen LogP contribution in [-0.4, -0.2) is 21.1 Å². The summed E-state index contributed by atoms with van der Waals surface area (Å²) in [4.78, 5) is 0. The fraction of sp³-hybridized carbons (Fsp3) is 0.188. The number of benzene rings is 1. The van der Waals surface area contributed by atoms with Crippen LogP contribution in [0.3, 0.4) is 0 Å². The molecule has 1 aromatic carbocycles. The van der Waals surface area contributed by atoms with Crippen LogP contribution >= 0.6 is 23.8 Å². The fourth-order valence-corrected chi connectivity index (χ4v) is 2.38. The van der Waals surface area contributed by atoms with E-state index in [2.05, 4.69) is 15.3 Å². The van der Waals surface area contributed by atoms with Crippen molar-refractivity contribution >= 4 is 30.0 Å². The third-order valence-electron chi connectivity index (χ3n) is 3.36. The van der Waals surface area contributed by atoms with Gasteiger partial charge in [0, 0.05) is 5.02 Å². The lowest BCUT2D eigenvalue weighted by Crippen LogP contribution is -1.99. The van der Waals surface area contributed by atoms with Crippen molar-refractivity contribution in [1.82, 2.24) is 14.9 Å². The average molecular weight is 399 g/mol. The van der Waals surface area contributed by atoms with Crippen molar-refractivity contribution < 1.29 is 17.9 Å². The molecule has 0 radical (unpaired) electrons. The maximum absolute atomic E-state index is 12.8. The highest BCUT2D eigenvalue weighted by Crippen LogP contribution is 2.22. The molecule has 0 spiro atoms. The molecule has 2 aromatic heterocycles. The second-order valence-electron chi connectivity index (χ2n) is 5.25. The molecule has 0 saturated heterocycles. The minimum absolute atomic E-state index is 0.0372. The van der Waals surface area contributed by atoms with Gasteiger partial charge in [-0.05, 0) is 55.0 Å². The third-order valence-corrected chi connectivity index (χ3v) is 4.05. The molecule has 0 amide bonds. The molecule has 3 aromatic rings. The van der Waals surface area contributed by atoms with Gasteiger partial charge in [0.15, 0.2) is 0 Å². The third kappa shape index (κ3) is 4.17. The summed E-state index contributed by atoms with van der Waals surface area (Å²) in [5, 5.41) is 10.2. The number of aryl methyl sites for hydroxylation is 1. The second kappa shape index (κ2) is 7.79. The van der Waals surface area contributed by atoms with Gasteiger partial charge in [-0.25, -0.2) is 13.9 Å². The average Bonchev–Trinajstić information content (AvgIpc) is 3.20. The first-order valence-electron chi connectivity index (χ1n) is 7.41. The molecule has 0 aliphatic heterocycles. The summed E-state index contributed by atoms with van der Waals surface area (Å²) in [6.07, 6.45) is -1.53. The van der Waals surface area contributed by atoms with Crippen LogP contribution in [0, 0.1) is 11.7 Å². The number of rotatable bonds is 6. The number of hydrogen-bond donors (Lipinski definition) is 1. The van der Waals surface area contributed by atoms with Crippen LogP contribution in [0.15, 0.2) is 39.9 Å². The molecule has 0 fully saturated rings. The SMILES string of the molecule is Cc1cc(OCc2ccc(/C=N\n3c(C(F)F)n[nH]c3=S)o2)ccc1Cl. The Balaban J connectivity index is 1.67. The number of nitrogens with one attached hydrogen (secondary N) is 1. The predicted molar refractivity (Wildman–Crippen MR) is 94.6 cm³/mol. The minimum Gasteiger partial charge on any atom is -0.486 e. The normalized spacial score (nSPS) is 11.6. The van der Waals surface area contributed by atoms with Crippen molar-refractivity contribution in [3.63, 3.8) is 0 Å². The lowest BCUT2D eigenvalue weighted by atomic mass is 10.2. The molecule has 0 aliphatic rings. The number of H-pyrrole nitrogens is 1. The van der Waals surface area contributed by atoms with Crippen molar-refractivity contribution in [2.75, 3.05) is 0 Å². The number of furan rings is 1. The summed E-state index contributed by atoms with van der Waals surface area (Å²) in [6.45, 7) is 2.08. The molecule has 0 aliphatic carbocycles. The van der Waals surface area contributed by atoms with Gasteiger partial charge in [0.2, 0.25) is 10.6 Å². The van der Waals surface area contributed by atoms with Crippen LogP contribution in [0.4, 0.5) is 8.78 Å². The number of aromatic amines is 1. The molecular weight excluding hydrogens is 386 g/mol. The standard InChI is InChI=1S/C16H13ClF2N4O2S/c1-9-6-10(4-5-13(9)17)24-8-12-3-2-11(25-12)7-20-23-15(14(18)19)21-22-16(23)26/h2-7,14H,8H2,1H3,(H,22,26)/b20-7-. The van der Waals surface area contributed by atoms with Gasteiger partial charge in [0.1, 0.15) is 23.9 Å². The molecule has 0 bridgehead atoms. The molecule has 26 heavy (non-hydrogen) atoms. The van der Waals surface area contributed by atoms with Gasteiger partial charge >= 0.3 is 0 Å². The Morgan fingerprint density at radius 1 is 1.42 bits per heavy atom. The Hall–Kier alpha value is -2.52. The number of alkyl halides is 2. The predicted octanol–water partition coefficient (Wildman–Crippen LogP) is 4.89. The van der Waals surface area contributed by atoms with E-state index in [4.69, 9.17) is 33.0 Å². The first kappa shape index (κ1) is 18.3. The van der Waals surface area contributed by atoms with Crippen molar-refractivity contribution in [3.8, 4) is 5.75 Å². The van der Waals surface area contributed by atoms with Crippen LogP contribution in [0.25, 0.3) is 0 Å². The quantitative estimate of drug-likeness (QED) is 0.474. The van der Waals surface area contributed by atoms with Crippen LogP contribution in [0.1, 0.15) is 29.3 Å². The van der Waals surface area contributed by atoms with E-state index in [9.17, 15) is 8.78 Å². The van der Waals surface area contributed by atoms with Gasteiger partial charge < -0.3 is 9.15 Å². The summed E-state index contributed by atoms with van der Waals surface area (Å²) < 4.78 is 37.6. The lowest BCUT2D eigenvalue weighted by molar-refractivity contribution is 0.136. The van der Waals surface area contributed by atoms with E-state index in [1.807, 2.05) is 13.0 Å². The Bertz CT molecular complexity index is 996. The molecular formula is C16H13ClF2N4O2S. The van der Waals surface area contributed by atoms with Crippen LogP contribution in [0.2, 0.25) is 5.02 Å². The highest BCUT2D eigenvalue weighted by Gasteiger charge is 2.16. The smallest absolute Gasteiger partial charge is 0.299 e. The Kier molecular flexibility index (Phi) is 5.48. The van der Waals surface area contributed by atoms with Crippen molar-refractivity contribution in [3.05, 3.63) is 63.0 Å². The topological polar surface area (TPSA) is 68.3 Å². The number of hydrogen-bond acceptors (Lipinski definition) is 5. The zero-order valence-electron chi connectivity index (χ0n) is 13.4. The Morgan fingerprint density at radius 3 is 2.96 bits per heavy atom. The first-order chi connectivity index (χ1) is 12.4. The fourth-order valence-electron chi connectivity index (χ4n) is 2.07. The van der Waals surface area contributed by atoms with E-state index in [1.165, 1.54) is 6.21 Å². The molecule has 0 unspecified atom stereocenters. The number of aromatic nitrogens is 3. The molecule has 0 saturated carbocycles. The van der Waals surface area contributed by atoms with E-state index >= 15 is 0 Å². The van der Waals surface area contributed by atoms with Gasteiger partial charge in [0.05, 0.1) is 6.21 Å². The molecule has 2 heterocycles. The molecule has 3 rings (SSSR count). The van der Waals surface area contributed by atoms with E-state index < -0.39 is 12.2 Å². The van der Waals surface area contributed by atoms with E-state index in [0.717, 1.165) is 10.2 Å². The van der Waals surface area contributed by atoms with E-state index in [-0.39, 0.29) is 11.4 Å². The van der Waals surface area contributed by atoms with Gasteiger partial charge in [-0.15, -0.1) is 0 Å². The second-order valence-corrected chi connectivity index (χ2v) is 6.04. The maximum Gasteiger partial charge on any atom is 0.299 e. The van der Waals surface area contributed by atoms with Crippen molar-refractivity contribution in [2.24, 2.45) is 5.10 Å². The van der Waals surface area contributed by atoms with Gasteiger partial charge in [-0.2, -0.15) is 14.9 Å². The maximum atomic E-state index is 12.8. The molecule has 6 nitrogen and oxygen atoms in total. The minimum atomic E-state index is -2.80. The Morgan fingerprint density at radius 2 is 2.23 bits per heavy atom. The first-order valence-corrected chi connectivity index (χ1v) is 8.20. The summed E-state index contributed by atoms with van der Waals surface area (Å²) in [6, 6.07) is 8.67. The number of nitrogens with zero attached hydrogens (tertiary/aromatic N) is 3. The summed E-state index contributed by atoms with van der Waals surface area (Å²) >= 11 is 10.8. The largest absolute Gasteiger partial charge is 0.486 e. The zero-order chi connectivity index (χ0) is 18.7. The van der Waals surface area contributed by atoms with Crippen LogP contribution < -0.4 is 4.74 Å². The van der Waals surface area contributed by atoms with Gasteiger partial charge in [0.25, 0.3) is 6.43 Å². The van der Waals surface area contributed by atoms with Crippen molar-refractivity contribution in [2.45, 2.75) is 20.0 Å². The zero-order valence-corrected chi connectivity index (χ0v) is 15.0. The summed E-state index contributed by atoms with van der Waals surface area (Å²) in [7, 11) is 0. The lowest BCUT2D eigenvalue weighted by Gasteiger charge is -2.05. The highest BCUT2D eigenvalue weighted by molar-refractivity contribution is 7.71. The summed E-state index contributed by atoms with van der Waals surface area (Å²) in [5.41, 5.74) is 0.906. The number of ether oxygens (including phenoxy) is 1. The van der Waals surface area contributed by atoms with E-state index in [0.29, 0.717) is 22.3 Å². The van der Waals surface area contributed by atoms with E-state index in [1.54, 1.807) is 24.3 Å². The van der Waals surface area contributed by atoms with Crippen LogP contribution in [-0.2, 0) is 6.61 Å². The number of halogens is 3. The highest BCUT2D eigenvalue weighted by atomic mass is 35.5. The van der Waals surface area contributed by atoms with Gasteiger partial charge in [-0.1, -0.05) is 11.6 Å². The van der Waals surface area contributed by atoms with Crippen LogP contribution in [0.5, 0.6) is 5.75 Å². The molecule has 0 atom stereocenters. The van der Waals surface area contributed by atoms with Crippen molar-refractivity contribution in [1.29, 1.82) is 0 Å². The molecule has 10 heteroatoms. The molecule has 136 valence electrons.